The Hall–Kier alpha value is -3.17. The van der Waals surface area contributed by atoms with Crippen LogP contribution in [0.3, 0.4) is 0 Å². The second-order valence-corrected chi connectivity index (χ2v) is 17.4. The second kappa shape index (κ2) is 25.9. The van der Waals surface area contributed by atoms with Crippen LogP contribution in [0.2, 0.25) is 0 Å². The number of hydrogen-bond acceptors (Lipinski definition) is 6. The molecule has 0 heterocycles. The number of carbonyl (C=O) groups is 3. The highest BCUT2D eigenvalue weighted by Gasteiger charge is 2.44. The number of amides is 4. The van der Waals surface area contributed by atoms with E-state index in [9.17, 15) is 14.4 Å². The Kier molecular flexibility index (Phi) is 24.4. The van der Waals surface area contributed by atoms with E-state index in [0.29, 0.717) is 61.4 Å². The van der Waals surface area contributed by atoms with Gasteiger partial charge < -0.3 is 36.1 Å². The molecule has 3 saturated carbocycles. The summed E-state index contributed by atoms with van der Waals surface area (Å²) in [5.74, 6) is 2.67. The van der Waals surface area contributed by atoms with Crippen molar-refractivity contribution in [2.24, 2.45) is 46.2 Å². The summed E-state index contributed by atoms with van der Waals surface area (Å²) in [6, 6.07) is 0.0568. The molecule has 0 aromatic heterocycles. The van der Waals surface area contributed by atoms with Gasteiger partial charge in [-0.05, 0) is 92.1 Å². The standard InChI is InChI=1S/C21H40N2O3.C20H33N3O2.2C2H6/c1-9-21(7,8)15(2)22-19(24)23-18(20(4,5)6)12-13-25-16(3)26-14-17-10-11-17;1-13(15(3)21)8-18(9-16-6-5-7-16)22-20(25)14(2)19-10-17(19)11-23(4)12-24;2*1-2/h15,17-18H,3,9-14H2,1-2,4-8H3,(H2,22,23,24);12,14,16-19H,1,3,5-11,21H2,2,4H3,(H,22,25);2*1-2H3/t15?,18-;14?,17-,18?,19+;;/m10../s1. The quantitative estimate of drug-likeness (QED) is 0.0492. The molecule has 0 aromatic carbocycles. The lowest BCUT2D eigenvalue weighted by Gasteiger charge is -2.35. The number of nitrogens with zero attached hydrogens (tertiary/aromatic N) is 1. The van der Waals surface area contributed by atoms with Gasteiger partial charge in [0.1, 0.15) is 0 Å². The molecule has 0 aromatic rings. The van der Waals surface area contributed by atoms with Crippen LogP contribution < -0.4 is 21.7 Å². The third-order valence-electron chi connectivity index (χ3n) is 11.5. The highest BCUT2D eigenvalue weighted by molar-refractivity contribution is 5.79. The molecule has 3 unspecified atom stereocenters. The third kappa shape index (κ3) is 21.1. The number of carbonyl (C=O) groups excluding carboxylic acids is 3. The third-order valence-corrected chi connectivity index (χ3v) is 11.5. The summed E-state index contributed by atoms with van der Waals surface area (Å²) in [6.07, 6.45) is 11.5. The Bertz CT molecular complexity index is 1170. The molecular formula is C45H85N5O5. The van der Waals surface area contributed by atoms with E-state index in [1.807, 2.05) is 34.6 Å². The minimum atomic E-state index is -0.122. The molecule has 3 rings (SSSR count). The predicted molar refractivity (Wildman–Crippen MR) is 230 cm³/mol. The minimum absolute atomic E-state index is 0.00401. The Labute approximate surface area is 337 Å². The number of ether oxygens (including phenoxy) is 2. The smallest absolute Gasteiger partial charge is 0.315 e. The normalized spacial score (nSPS) is 19.5. The van der Waals surface area contributed by atoms with Gasteiger partial charge in [-0.15, -0.1) is 0 Å². The van der Waals surface area contributed by atoms with Crippen LogP contribution in [0.1, 0.15) is 147 Å². The van der Waals surface area contributed by atoms with Crippen molar-refractivity contribution in [2.45, 2.75) is 165 Å². The molecule has 3 aliphatic carbocycles. The fourth-order valence-corrected chi connectivity index (χ4v) is 6.23. The molecule has 0 bridgehead atoms. The predicted octanol–water partition coefficient (Wildman–Crippen LogP) is 9.32. The van der Waals surface area contributed by atoms with Crippen LogP contribution in [0.25, 0.3) is 0 Å². The summed E-state index contributed by atoms with van der Waals surface area (Å²) >= 11 is 0. The van der Waals surface area contributed by atoms with E-state index in [2.05, 4.69) is 84.2 Å². The number of hydrogen-bond donors (Lipinski definition) is 4. The molecule has 10 nitrogen and oxygen atoms in total. The Morgan fingerprint density at radius 2 is 1.53 bits per heavy atom. The average Bonchev–Trinajstić information content (AvgIpc) is 4.06. The lowest BCUT2D eigenvalue weighted by atomic mass is 9.79. The SMILES string of the molecule is C=C(N)C(=C)CC(CC1CCC1)NC(=O)C(C)[C@H]1C[C@H]1CN(C)C=O.C=C(OCC[C@@H](NC(=O)NC(C)C(C)(C)CC)C(C)(C)C)OCC1CC1.CC.CC. The van der Waals surface area contributed by atoms with Gasteiger partial charge in [-0.25, -0.2) is 4.79 Å². The van der Waals surface area contributed by atoms with Crippen molar-refractivity contribution in [1.82, 2.24) is 20.9 Å². The van der Waals surface area contributed by atoms with Gasteiger partial charge in [-0.2, -0.15) is 0 Å². The van der Waals surface area contributed by atoms with E-state index in [4.69, 9.17) is 15.2 Å². The summed E-state index contributed by atoms with van der Waals surface area (Å²) in [5.41, 5.74) is 7.06. The molecule has 0 aliphatic heterocycles. The van der Waals surface area contributed by atoms with Gasteiger partial charge in [0.2, 0.25) is 12.3 Å². The van der Waals surface area contributed by atoms with Gasteiger partial charge in [0.15, 0.2) is 0 Å². The van der Waals surface area contributed by atoms with Crippen molar-refractivity contribution in [1.29, 1.82) is 0 Å². The lowest BCUT2D eigenvalue weighted by molar-refractivity contribution is -0.126. The van der Waals surface area contributed by atoms with Crippen LogP contribution in [-0.4, -0.2) is 68.2 Å². The van der Waals surface area contributed by atoms with Crippen LogP contribution in [0, 0.1) is 40.4 Å². The molecule has 5 N–H and O–H groups in total. The Morgan fingerprint density at radius 1 is 0.927 bits per heavy atom. The van der Waals surface area contributed by atoms with Gasteiger partial charge in [0.05, 0.1) is 13.2 Å². The van der Waals surface area contributed by atoms with Crippen LogP contribution in [0.15, 0.2) is 37.0 Å². The fraction of sp³-hybridized carbons (Fsp3) is 0.800. The molecule has 3 aliphatic rings. The molecule has 55 heavy (non-hydrogen) atoms. The summed E-state index contributed by atoms with van der Waals surface area (Å²) in [7, 11) is 1.78. The van der Waals surface area contributed by atoms with E-state index in [1.165, 1.54) is 32.1 Å². The maximum Gasteiger partial charge on any atom is 0.315 e. The first-order chi connectivity index (χ1) is 25.8. The van der Waals surface area contributed by atoms with Crippen molar-refractivity contribution in [3.63, 3.8) is 0 Å². The van der Waals surface area contributed by atoms with Crippen molar-refractivity contribution in [2.75, 3.05) is 26.8 Å². The van der Waals surface area contributed by atoms with E-state index >= 15 is 0 Å². The van der Waals surface area contributed by atoms with Crippen molar-refractivity contribution < 1.29 is 23.9 Å². The van der Waals surface area contributed by atoms with Crippen LogP contribution in [0.5, 0.6) is 0 Å². The van der Waals surface area contributed by atoms with E-state index in [0.717, 1.165) is 37.8 Å². The first-order valence-corrected chi connectivity index (χ1v) is 21.4. The maximum atomic E-state index is 12.7. The number of urea groups is 1. The van der Waals surface area contributed by atoms with E-state index in [1.54, 1.807) is 11.9 Å². The zero-order chi connectivity index (χ0) is 42.5. The van der Waals surface area contributed by atoms with Crippen molar-refractivity contribution >= 4 is 18.3 Å². The lowest BCUT2D eigenvalue weighted by Crippen LogP contribution is -2.53. The van der Waals surface area contributed by atoms with Gasteiger partial charge >= 0.3 is 6.03 Å². The molecule has 0 radical (unpaired) electrons. The van der Waals surface area contributed by atoms with E-state index < -0.39 is 0 Å². The highest BCUT2D eigenvalue weighted by atomic mass is 16.7. The molecule has 0 saturated heterocycles. The summed E-state index contributed by atoms with van der Waals surface area (Å²) in [4.78, 5) is 37.5. The van der Waals surface area contributed by atoms with Crippen LogP contribution >= 0.6 is 0 Å². The van der Waals surface area contributed by atoms with Crippen molar-refractivity contribution in [3.05, 3.63) is 37.0 Å². The van der Waals surface area contributed by atoms with E-state index in [-0.39, 0.29) is 46.8 Å². The molecule has 320 valence electrons. The van der Waals surface area contributed by atoms with Gasteiger partial charge in [0, 0.05) is 49.8 Å². The fourth-order valence-electron chi connectivity index (χ4n) is 6.23. The maximum absolute atomic E-state index is 12.7. The first kappa shape index (κ1) is 51.8. The molecule has 4 amide bonds. The highest BCUT2D eigenvalue weighted by Crippen LogP contribution is 2.44. The number of nitrogens with one attached hydrogen (secondary N) is 3. The molecule has 3 fully saturated rings. The number of allylic oxidation sites excluding steroid dienone is 1. The van der Waals surface area contributed by atoms with Crippen LogP contribution in [-0.2, 0) is 19.1 Å². The molecule has 6 atom stereocenters. The monoisotopic (exact) mass is 776 g/mol. The summed E-state index contributed by atoms with van der Waals surface area (Å²) in [6.45, 7) is 38.3. The number of nitrogens with two attached hydrogens (primary N) is 1. The summed E-state index contributed by atoms with van der Waals surface area (Å²) in [5, 5.41) is 9.43. The Balaban J connectivity index is 0.000000973. The zero-order valence-electron chi connectivity index (χ0n) is 37.6. The zero-order valence-corrected chi connectivity index (χ0v) is 37.6. The topological polar surface area (TPSA) is 135 Å². The average molecular weight is 776 g/mol. The molecule has 0 spiro atoms. The van der Waals surface area contributed by atoms with Gasteiger partial charge in [-0.3, -0.25) is 9.59 Å². The largest absolute Gasteiger partial charge is 0.466 e. The number of rotatable bonds is 22. The van der Waals surface area contributed by atoms with Gasteiger partial charge in [-0.1, -0.05) is 109 Å². The van der Waals surface area contributed by atoms with Crippen molar-refractivity contribution in [3.8, 4) is 0 Å². The minimum Gasteiger partial charge on any atom is -0.466 e. The molecular weight excluding hydrogens is 691 g/mol. The van der Waals surface area contributed by atoms with Crippen LogP contribution in [0.4, 0.5) is 4.79 Å². The summed E-state index contributed by atoms with van der Waals surface area (Å²) < 4.78 is 11.1. The molecule has 10 heteroatoms. The second-order valence-electron chi connectivity index (χ2n) is 17.4. The first-order valence-electron chi connectivity index (χ1n) is 21.4. The van der Waals surface area contributed by atoms with Gasteiger partial charge in [0.25, 0.3) is 5.95 Å². The Morgan fingerprint density at radius 3 is 2.00 bits per heavy atom.